The number of nitrogens with two attached hydrogens (primary N) is 1. The molecule has 0 bridgehead atoms. The molecule has 0 aliphatic carbocycles. The van der Waals surface area contributed by atoms with Crippen LogP contribution in [0.25, 0.3) is 0 Å². The predicted molar refractivity (Wildman–Crippen MR) is 43.4 cm³/mol. The molecule has 0 saturated heterocycles. The van der Waals surface area contributed by atoms with Gasteiger partial charge in [-0.25, -0.2) is 0 Å². The van der Waals surface area contributed by atoms with Crippen LogP contribution in [0.4, 0.5) is 0 Å². The second-order valence-corrected chi connectivity index (χ2v) is 3.84. The van der Waals surface area contributed by atoms with Crippen LogP contribution in [0.3, 0.4) is 0 Å². The summed E-state index contributed by atoms with van der Waals surface area (Å²) in [4.78, 5) is 15.5. The lowest BCUT2D eigenvalue weighted by Gasteiger charge is -2.11. The first-order chi connectivity index (χ1) is 4.78. The Bertz CT molecular complexity index is 240. The molecule has 0 amide bonds. The van der Waals surface area contributed by atoms with E-state index in [1.54, 1.807) is 27.7 Å². The Kier molecular flexibility index (Phi) is 1.34. The molecule has 62 valence electrons. The molecular weight excluding hydrogens is 142 g/mol. The largest absolute Gasteiger partial charge is 0.381 e. The number of aliphatic imine (C=N–C) groups is 1. The molecule has 2 N–H and O–H groups in total. The first kappa shape index (κ1) is 8.17. The highest BCUT2D eigenvalue weighted by molar-refractivity contribution is 5.89. The number of nitroso groups, excluding NO2 is 1. The van der Waals surface area contributed by atoms with Crippen molar-refractivity contribution in [3.63, 3.8) is 0 Å². The molecule has 1 rings (SSSR count). The molecule has 4 nitrogen and oxygen atoms in total. The fourth-order valence-corrected chi connectivity index (χ4v) is 1.27. The minimum atomic E-state index is -0.701. The first-order valence-corrected chi connectivity index (χ1v) is 3.62. The van der Waals surface area contributed by atoms with E-state index in [0.717, 1.165) is 4.76 Å². The van der Waals surface area contributed by atoms with E-state index in [9.17, 15) is 4.91 Å². The summed E-state index contributed by atoms with van der Waals surface area (Å²) in [6, 6.07) is 0. The Hall–Kier alpha value is -0.930. The molecule has 4 heteroatoms. The predicted octanol–water partition coefficient (Wildman–Crippen LogP) is 0.651. The van der Waals surface area contributed by atoms with Gasteiger partial charge in [0.2, 0.25) is 0 Å². The number of rotatable bonds is 0. The van der Waals surface area contributed by atoms with Gasteiger partial charge in [-0.05, 0) is 0 Å². The summed E-state index contributed by atoms with van der Waals surface area (Å²) >= 11 is 0. The summed E-state index contributed by atoms with van der Waals surface area (Å²) in [5.41, 5.74) is 4.24. The van der Waals surface area contributed by atoms with Crippen molar-refractivity contribution >= 4 is 5.84 Å². The minimum absolute atomic E-state index is 0.414. The van der Waals surface area contributed by atoms with Gasteiger partial charge in [0.15, 0.2) is 5.84 Å². The molecule has 0 spiro atoms. The first-order valence-electron chi connectivity index (χ1n) is 3.62. The Morgan fingerprint density at radius 1 is 1.36 bits per heavy atom. The molecule has 0 aromatic carbocycles. The third-order valence-corrected chi connectivity index (χ3v) is 2.03. The SMILES string of the molecule is CC1(C)N=C(N)C(C)(C)[N+]1=O. The van der Waals surface area contributed by atoms with E-state index >= 15 is 0 Å². The molecule has 0 aromatic heterocycles. The van der Waals surface area contributed by atoms with Crippen LogP contribution in [0.1, 0.15) is 27.7 Å². The van der Waals surface area contributed by atoms with Gasteiger partial charge in [0.05, 0.1) is 0 Å². The van der Waals surface area contributed by atoms with Gasteiger partial charge < -0.3 is 5.73 Å². The molecule has 0 aromatic rings. The molecule has 0 radical (unpaired) electrons. The van der Waals surface area contributed by atoms with Crippen LogP contribution in [0.5, 0.6) is 0 Å². The summed E-state index contributed by atoms with van der Waals surface area (Å²) in [6.45, 7) is 7.05. The second kappa shape index (κ2) is 1.81. The summed E-state index contributed by atoms with van der Waals surface area (Å²) in [5, 5.41) is 0. The highest BCUT2D eigenvalue weighted by Gasteiger charge is 2.55. The van der Waals surface area contributed by atoms with Gasteiger partial charge >= 0.3 is 0 Å². The van der Waals surface area contributed by atoms with Crippen LogP contribution in [0, 0.1) is 4.91 Å². The molecule has 1 aliphatic heterocycles. The van der Waals surface area contributed by atoms with E-state index in [1.807, 2.05) is 0 Å². The molecule has 0 unspecified atom stereocenters. The molecule has 0 atom stereocenters. The van der Waals surface area contributed by atoms with Crippen LogP contribution >= 0.6 is 0 Å². The van der Waals surface area contributed by atoms with Gasteiger partial charge in [0.1, 0.15) is 0 Å². The van der Waals surface area contributed by atoms with Crippen LogP contribution in [0.2, 0.25) is 0 Å². The van der Waals surface area contributed by atoms with Gasteiger partial charge in [-0.2, -0.15) is 4.99 Å². The maximum Gasteiger partial charge on any atom is 0.299 e. The van der Waals surface area contributed by atoms with Gasteiger partial charge in [-0.3, -0.25) is 0 Å². The van der Waals surface area contributed by atoms with E-state index < -0.39 is 11.2 Å². The van der Waals surface area contributed by atoms with Crippen LogP contribution in [-0.2, 0) is 0 Å². The highest BCUT2D eigenvalue weighted by Crippen LogP contribution is 2.27. The molecule has 1 aliphatic rings. The average Bonchev–Trinajstić information content (AvgIpc) is 1.94. The molecule has 0 fully saturated rings. The average molecular weight is 156 g/mol. The van der Waals surface area contributed by atoms with Crippen molar-refractivity contribution < 1.29 is 4.76 Å². The minimum Gasteiger partial charge on any atom is -0.381 e. The number of amidine groups is 1. The van der Waals surface area contributed by atoms with Gasteiger partial charge in [0.25, 0.3) is 11.2 Å². The lowest BCUT2D eigenvalue weighted by Crippen LogP contribution is -2.46. The number of nitrogens with zero attached hydrogens (tertiary/aromatic N) is 2. The van der Waals surface area contributed by atoms with Crippen molar-refractivity contribution in [1.29, 1.82) is 0 Å². The summed E-state index contributed by atoms with van der Waals surface area (Å²) in [5.74, 6) is 0.414. The van der Waals surface area contributed by atoms with Crippen molar-refractivity contribution in [2.24, 2.45) is 10.7 Å². The summed E-state index contributed by atoms with van der Waals surface area (Å²) < 4.78 is 0.926. The fourth-order valence-electron chi connectivity index (χ4n) is 1.27. The third-order valence-electron chi connectivity index (χ3n) is 2.03. The van der Waals surface area contributed by atoms with Gasteiger partial charge in [-0.15, -0.1) is 0 Å². The molecular formula is C7H14N3O+. The van der Waals surface area contributed by atoms with Crippen molar-refractivity contribution in [3.05, 3.63) is 4.91 Å². The quantitative estimate of drug-likeness (QED) is 0.523. The standard InChI is InChI=1S/C7H14N3O/c1-6(2)5(8)9-7(3,4)10(6)11/h1-4H3,(H2,8,9)/q+1. The second-order valence-electron chi connectivity index (χ2n) is 3.84. The zero-order chi connectivity index (χ0) is 8.86. The lowest BCUT2D eigenvalue weighted by molar-refractivity contribution is -0.653. The summed E-state index contributed by atoms with van der Waals surface area (Å²) in [6.07, 6.45) is 0. The Balaban J connectivity index is 3.14. The van der Waals surface area contributed by atoms with E-state index in [0.29, 0.717) is 5.84 Å². The number of hydrogen-bond donors (Lipinski definition) is 1. The topological polar surface area (TPSA) is 58.5 Å². The molecule has 11 heavy (non-hydrogen) atoms. The smallest absolute Gasteiger partial charge is 0.299 e. The zero-order valence-electron chi connectivity index (χ0n) is 7.38. The third kappa shape index (κ3) is 0.931. The van der Waals surface area contributed by atoms with Crippen molar-refractivity contribution in [2.75, 3.05) is 0 Å². The normalized spacial score (nSPS) is 26.9. The highest BCUT2D eigenvalue weighted by atomic mass is 16.3. The van der Waals surface area contributed by atoms with Crippen molar-refractivity contribution in [3.8, 4) is 0 Å². The monoisotopic (exact) mass is 156 g/mol. The Labute approximate surface area is 66.1 Å². The maximum absolute atomic E-state index is 11.5. The van der Waals surface area contributed by atoms with Crippen LogP contribution in [-0.4, -0.2) is 21.8 Å². The van der Waals surface area contributed by atoms with E-state index in [4.69, 9.17) is 5.73 Å². The zero-order valence-corrected chi connectivity index (χ0v) is 7.38. The molecule has 0 saturated carbocycles. The van der Waals surface area contributed by atoms with Crippen molar-refractivity contribution in [1.82, 2.24) is 0 Å². The van der Waals surface area contributed by atoms with E-state index in [2.05, 4.69) is 4.99 Å². The van der Waals surface area contributed by atoms with Crippen LogP contribution in [0.15, 0.2) is 4.99 Å². The Morgan fingerprint density at radius 3 is 1.91 bits per heavy atom. The van der Waals surface area contributed by atoms with Gasteiger partial charge in [0, 0.05) is 37.4 Å². The lowest BCUT2D eigenvalue weighted by atomic mass is 10.1. The van der Waals surface area contributed by atoms with E-state index in [1.165, 1.54) is 0 Å². The van der Waals surface area contributed by atoms with Crippen LogP contribution < -0.4 is 5.73 Å². The summed E-state index contributed by atoms with van der Waals surface area (Å²) in [7, 11) is 0. The molecule has 1 heterocycles. The van der Waals surface area contributed by atoms with E-state index in [-0.39, 0.29) is 0 Å². The Morgan fingerprint density at radius 2 is 1.82 bits per heavy atom. The fraction of sp³-hybridized carbons (Fsp3) is 0.857. The van der Waals surface area contributed by atoms with Crippen molar-refractivity contribution in [2.45, 2.75) is 38.9 Å². The maximum atomic E-state index is 11.5. The number of hydrogen-bond acceptors (Lipinski definition) is 3. The van der Waals surface area contributed by atoms with Gasteiger partial charge in [-0.1, -0.05) is 0 Å².